The van der Waals surface area contributed by atoms with Gasteiger partial charge in [-0.25, -0.2) is 4.79 Å². The number of aromatic carboxylic acids is 1. The van der Waals surface area contributed by atoms with Crippen LogP contribution in [-0.4, -0.2) is 34.2 Å². The maximum absolute atomic E-state index is 11.0. The molecule has 0 aliphatic heterocycles. The number of carbonyl (C=O) groups is 1. The smallest absolute Gasteiger partial charge is 0.337 e. The summed E-state index contributed by atoms with van der Waals surface area (Å²) in [4.78, 5) is 15.2. The van der Waals surface area contributed by atoms with Gasteiger partial charge >= 0.3 is 5.97 Å². The number of hydrogen-bond acceptors (Lipinski definition) is 3. The molecule has 0 unspecified atom stereocenters. The molecule has 1 aromatic carbocycles. The number of aliphatic imine (C=N–C) groups is 1. The van der Waals surface area contributed by atoms with Crippen molar-refractivity contribution in [2.45, 2.75) is 26.4 Å². The maximum atomic E-state index is 11.0. The van der Waals surface area contributed by atoms with E-state index in [1.807, 2.05) is 0 Å². The first-order valence-electron chi connectivity index (χ1n) is 5.62. The van der Waals surface area contributed by atoms with Crippen molar-refractivity contribution in [1.29, 1.82) is 0 Å². The van der Waals surface area contributed by atoms with E-state index in [0.29, 0.717) is 11.5 Å². The summed E-state index contributed by atoms with van der Waals surface area (Å²) in [5, 5.41) is 21.5. The minimum absolute atomic E-state index is 0.190. The van der Waals surface area contributed by atoms with Gasteiger partial charge in [-0.15, -0.1) is 0 Å². The molecule has 0 radical (unpaired) electrons. The molecule has 3 N–H and O–H groups in total. The van der Waals surface area contributed by atoms with Crippen LogP contribution in [0.5, 0.6) is 0 Å². The standard InChI is InChI=1S/C13H18N2O3/c1-9(14-8-13(2,3)18)15-11-7-5-4-6-10(11)12(16)17/h4-7,18H,8H2,1-3H3,(H,14,15)(H,16,17). The Labute approximate surface area is 106 Å². The Bertz CT molecular complexity index is 462. The fourth-order valence-corrected chi connectivity index (χ4v) is 1.33. The summed E-state index contributed by atoms with van der Waals surface area (Å²) < 4.78 is 0. The van der Waals surface area contributed by atoms with Crippen molar-refractivity contribution in [3.05, 3.63) is 29.8 Å². The average molecular weight is 250 g/mol. The zero-order valence-electron chi connectivity index (χ0n) is 10.8. The third kappa shape index (κ3) is 4.55. The van der Waals surface area contributed by atoms with E-state index < -0.39 is 11.6 Å². The number of benzene rings is 1. The molecule has 0 aliphatic rings. The van der Waals surface area contributed by atoms with E-state index in [2.05, 4.69) is 10.3 Å². The van der Waals surface area contributed by atoms with Gasteiger partial charge in [-0.05, 0) is 32.9 Å². The summed E-state index contributed by atoms with van der Waals surface area (Å²) in [7, 11) is 0. The Hall–Kier alpha value is -1.88. The van der Waals surface area contributed by atoms with Gasteiger partial charge in [-0.2, -0.15) is 0 Å². The van der Waals surface area contributed by atoms with E-state index in [0.717, 1.165) is 0 Å². The van der Waals surface area contributed by atoms with Gasteiger partial charge in [0, 0.05) is 0 Å². The van der Waals surface area contributed by atoms with Crippen LogP contribution in [0.4, 0.5) is 5.69 Å². The van der Waals surface area contributed by atoms with Gasteiger partial charge in [-0.1, -0.05) is 12.1 Å². The molecule has 0 fully saturated rings. The van der Waals surface area contributed by atoms with Crippen LogP contribution in [0, 0.1) is 0 Å². The van der Waals surface area contributed by atoms with Crippen LogP contribution in [0.2, 0.25) is 0 Å². The second-order valence-corrected chi connectivity index (χ2v) is 4.69. The lowest BCUT2D eigenvalue weighted by Gasteiger charge is -2.15. The molecular formula is C13H18N2O3. The predicted octanol–water partition coefficient (Wildman–Crippen LogP) is 1.99. The van der Waals surface area contributed by atoms with E-state index in [1.165, 1.54) is 6.07 Å². The molecule has 18 heavy (non-hydrogen) atoms. The molecule has 0 amide bonds. The number of anilines is 1. The molecule has 1 rings (SSSR count). The molecule has 1 aromatic rings. The molecule has 5 heteroatoms. The lowest BCUT2D eigenvalue weighted by molar-refractivity contribution is 0.0697. The minimum Gasteiger partial charge on any atom is -0.478 e. The number of amidine groups is 1. The molecule has 0 aliphatic carbocycles. The van der Waals surface area contributed by atoms with Crippen molar-refractivity contribution in [3.63, 3.8) is 0 Å². The number of carboxylic acid groups (broad SMARTS) is 1. The summed E-state index contributed by atoms with van der Waals surface area (Å²) in [6.45, 7) is 5.30. The number of nitrogens with zero attached hydrogens (tertiary/aromatic N) is 1. The third-order valence-electron chi connectivity index (χ3n) is 2.18. The maximum Gasteiger partial charge on any atom is 0.337 e. The average Bonchev–Trinajstić information content (AvgIpc) is 2.26. The highest BCUT2D eigenvalue weighted by Crippen LogP contribution is 2.15. The van der Waals surface area contributed by atoms with E-state index in [9.17, 15) is 9.90 Å². The third-order valence-corrected chi connectivity index (χ3v) is 2.18. The minimum atomic E-state index is -0.992. The van der Waals surface area contributed by atoms with Gasteiger partial charge in [0.2, 0.25) is 0 Å². The fraction of sp³-hybridized carbons (Fsp3) is 0.385. The van der Waals surface area contributed by atoms with Crippen molar-refractivity contribution < 1.29 is 15.0 Å². The number of nitrogens with one attached hydrogen (secondary N) is 1. The van der Waals surface area contributed by atoms with Gasteiger partial charge in [0.05, 0.1) is 29.2 Å². The van der Waals surface area contributed by atoms with Crippen LogP contribution in [0.1, 0.15) is 31.1 Å². The summed E-state index contributed by atoms with van der Waals surface area (Å²) in [5.41, 5.74) is -0.202. The topological polar surface area (TPSA) is 81.9 Å². The SMILES string of the molecule is CC(=NCC(C)(C)O)Nc1ccccc1C(=O)O. The number of carboxylic acids is 1. The molecular weight excluding hydrogens is 232 g/mol. The van der Waals surface area contributed by atoms with Crippen LogP contribution in [0.25, 0.3) is 0 Å². The molecule has 0 spiro atoms. The van der Waals surface area contributed by atoms with Crippen molar-refractivity contribution in [2.75, 3.05) is 11.9 Å². The normalized spacial score (nSPS) is 12.3. The first-order valence-corrected chi connectivity index (χ1v) is 5.62. The van der Waals surface area contributed by atoms with Gasteiger partial charge in [0.25, 0.3) is 0 Å². The van der Waals surface area contributed by atoms with E-state index in [-0.39, 0.29) is 12.1 Å². The lowest BCUT2D eigenvalue weighted by atomic mass is 10.1. The Morgan fingerprint density at radius 3 is 2.56 bits per heavy atom. The number of para-hydroxylation sites is 1. The number of aliphatic hydroxyl groups is 1. The zero-order valence-corrected chi connectivity index (χ0v) is 10.8. The van der Waals surface area contributed by atoms with Crippen molar-refractivity contribution in [2.24, 2.45) is 4.99 Å². The van der Waals surface area contributed by atoms with Crippen LogP contribution in [0.15, 0.2) is 29.3 Å². The van der Waals surface area contributed by atoms with Gasteiger partial charge in [-0.3, -0.25) is 4.99 Å². The second kappa shape index (κ2) is 5.64. The molecule has 0 aromatic heterocycles. The molecule has 0 saturated carbocycles. The highest BCUT2D eigenvalue weighted by Gasteiger charge is 2.12. The molecule has 0 saturated heterocycles. The van der Waals surface area contributed by atoms with Crippen molar-refractivity contribution >= 4 is 17.5 Å². The van der Waals surface area contributed by atoms with E-state index >= 15 is 0 Å². The molecule has 98 valence electrons. The Balaban J connectivity index is 2.82. The molecule has 0 atom stereocenters. The summed E-state index contributed by atoms with van der Waals surface area (Å²) >= 11 is 0. The first-order chi connectivity index (χ1) is 8.29. The predicted molar refractivity (Wildman–Crippen MR) is 71.3 cm³/mol. The summed E-state index contributed by atoms with van der Waals surface area (Å²) in [6, 6.07) is 6.61. The number of hydrogen-bond donors (Lipinski definition) is 3. The first kappa shape index (κ1) is 14.2. The number of rotatable bonds is 4. The highest BCUT2D eigenvalue weighted by molar-refractivity contribution is 6.01. The molecule has 0 heterocycles. The van der Waals surface area contributed by atoms with Crippen LogP contribution < -0.4 is 5.32 Å². The zero-order chi connectivity index (χ0) is 13.8. The molecule has 5 nitrogen and oxygen atoms in total. The summed E-state index contributed by atoms with van der Waals surface area (Å²) in [6.07, 6.45) is 0. The van der Waals surface area contributed by atoms with E-state index in [1.54, 1.807) is 39.0 Å². The van der Waals surface area contributed by atoms with Gasteiger partial charge in [0.1, 0.15) is 0 Å². The van der Waals surface area contributed by atoms with Crippen LogP contribution >= 0.6 is 0 Å². The molecule has 0 bridgehead atoms. The largest absolute Gasteiger partial charge is 0.478 e. The Morgan fingerprint density at radius 1 is 1.39 bits per heavy atom. The van der Waals surface area contributed by atoms with Crippen molar-refractivity contribution in [3.8, 4) is 0 Å². The van der Waals surface area contributed by atoms with Gasteiger partial charge < -0.3 is 15.5 Å². The Morgan fingerprint density at radius 2 is 2.00 bits per heavy atom. The lowest BCUT2D eigenvalue weighted by Crippen LogP contribution is -2.24. The van der Waals surface area contributed by atoms with E-state index in [4.69, 9.17) is 5.11 Å². The van der Waals surface area contributed by atoms with Crippen LogP contribution in [-0.2, 0) is 0 Å². The van der Waals surface area contributed by atoms with Gasteiger partial charge in [0.15, 0.2) is 0 Å². The highest BCUT2D eigenvalue weighted by atomic mass is 16.4. The quantitative estimate of drug-likeness (QED) is 0.563. The fourth-order valence-electron chi connectivity index (χ4n) is 1.33. The second-order valence-electron chi connectivity index (χ2n) is 4.69. The van der Waals surface area contributed by atoms with Crippen LogP contribution in [0.3, 0.4) is 0 Å². The monoisotopic (exact) mass is 250 g/mol. The summed E-state index contributed by atoms with van der Waals surface area (Å²) in [5.74, 6) is -0.431. The van der Waals surface area contributed by atoms with Crippen molar-refractivity contribution in [1.82, 2.24) is 0 Å². The Kier molecular flexibility index (Phi) is 4.44.